The van der Waals surface area contributed by atoms with Crippen LogP contribution in [0.1, 0.15) is 90.2 Å². The van der Waals surface area contributed by atoms with Crippen molar-refractivity contribution in [3.63, 3.8) is 0 Å². The van der Waals surface area contributed by atoms with E-state index in [-0.39, 0.29) is 18.5 Å². The van der Waals surface area contributed by atoms with E-state index in [2.05, 4.69) is 29.7 Å². The number of halogens is 6. The summed E-state index contributed by atoms with van der Waals surface area (Å²) in [5.74, 6) is -0.429. The number of nitrogens with one attached hydrogen (secondary N) is 2. The van der Waals surface area contributed by atoms with Crippen LogP contribution in [-0.2, 0) is 27.6 Å². The molecule has 0 radical (unpaired) electrons. The maximum Gasteiger partial charge on any atom is 0.394 e. The van der Waals surface area contributed by atoms with Gasteiger partial charge >= 0.3 is 12.4 Å². The van der Waals surface area contributed by atoms with Gasteiger partial charge < -0.3 is 19.2 Å². The molecule has 2 N–H and O–H groups in total. The first-order chi connectivity index (χ1) is 20.9. The van der Waals surface area contributed by atoms with Crippen molar-refractivity contribution in [3.8, 4) is 0 Å². The molecule has 0 bridgehead atoms. The van der Waals surface area contributed by atoms with E-state index in [0.717, 1.165) is 32.7 Å². The monoisotopic (exact) mass is 698 g/mol. The van der Waals surface area contributed by atoms with Crippen LogP contribution >= 0.6 is 0 Å². The molecule has 0 saturated heterocycles. The van der Waals surface area contributed by atoms with Crippen molar-refractivity contribution in [2.75, 3.05) is 6.61 Å². The molecule has 0 spiro atoms. The Labute approximate surface area is 271 Å². The molecule has 1 aromatic heterocycles. The number of ether oxygens (including phenoxy) is 1. The second-order valence-corrected chi connectivity index (χ2v) is 22.7. The maximum atomic E-state index is 14.1. The third-order valence-electron chi connectivity index (χ3n) is 8.02. The number of amides is 1. The van der Waals surface area contributed by atoms with Crippen molar-refractivity contribution in [3.05, 3.63) is 29.6 Å². The van der Waals surface area contributed by atoms with E-state index in [1.54, 1.807) is 43.5 Å². The minimum absolute atomic E-state index is 0.00265. The summed E-state index contributed by atoms with van der Waals surface area (Å²) in [6.45, 7) is 14.4. The first kappa shape index (κ1) is 38.6. The van der Waals surface area contributed by atoms with Gasteiger partial charge in [0.2, 0.25) is 5.91 Å². The summed E-state index contributed by atoms with van der Waals surface area (Å²) in [5, 5.41) is 2.75. The second-order valence-electron chi connectivity index (χ2n) is 15.1. The molecular formula is C31H48F6N4O3SSi. The summed E-state index contributed by atoms with van der Waals surface area (Å²) >= 11 is -1.74. The third-order valence-corrected chi connectivity index (χ3v) is 11.3. The lowest BCUT2D eigenvalue weighted by atomic mass is 9.85. The highest BCUT2D eigenvalue weighted by atomic mass is 32.2. The van der Waals surface area contributed by atoms with Crippen molar-refractivity contribution < 1.29 is 40.4 Å². The van der Waals surface area contributed by atoms with Crippen LogP contribution in [0.4, 0.5) is 26.3 Å². The fourth-order valence-electron chi connectivity index (χ4n) is 4.82. The molecule has 15 heteroatoms. The van der Waals surface area contributed by atoms with Gasteiger partial charge in [-0.15, -0.1) is 4.72 Å². The van der Waals surface area contributed by atoms with E-state index in [4.69, 9.17) is 9.72 Å². The number of hydrogen-bond donors (Lipinski definition) is 2. The lowest BCUT2D eigenvalue weighted by Crippen LogP contribution is -2.45. The van der Waals surface area contributed by atoms with Gasteiger partial charge in [0.1, 0.15) is 23.3 Å². The molecule has 1 aliphatic rings. The van der Waals surface area contributed by atoms with E-state index in [0.29, 0.717) is 23.2 Å². The van der Waals surface area contributed by atoms with Crippen LogP contribution in [0.15, 0.2) is 18.2 Å². The number of carbonyl (C=O) groups excluding carboxylic acids is 1. The Balaban J connectivity index is 2.06. The average Bonchev–Trinajstić information content (AvgIpc) is 3.66. The number of nitrogens with zero attached hydrogens (tertiary/aromatic N) is 2. The number of alkyl halides is 6. The molecule has 1 aliphatic carbocycles. The summed E-state index contributed by atoms with van der Waals surface area (Å²) in [6, 6.07) is 4.49. The van der Waals surface area contributed by atoms with Gasteiger partial charge in [-0.2, -0.15) is 26.3 Å². The van der Waals surface area contributed by atoms with Crippen LogP contribution in [-0.4, -0.2) is 51.8 Å². The van der Waals surface area contributed by atoms with E-state index in [1.165, 1.54) is 0 Å². The minimum Gasteiger partial charge on any atom is -0.598 e. The standard InChI is InChI=1S/C31H48F6N4O3SSi/c1-28(2,3)45(43)40-23(18-29(4,5)31(35,36)37)27-38-22-17-21(11-12-24(22)41(27)19-44-15-16-46(6,7)8)26(20-9-10-20)39-25(42)13-14-30(32,33)34/h11-12,17,20,23,26,40H,9-10,13-16,18-19H2,1-8H3,(H,39,42)/t23-,26?,45?/m0/s1. The summed E-state index contributed by atoms with van der Waals surface area (Å²) in [5.41, 5.74) is -0.515. The Morgan fingerprint density at radius 1 is 1.11 bits per heavy atom. The van der Waals surface area contributed by atoms with Gasteiger partial charge in [0, 0.05) is 32.5 Å². The number of imidazole rings is 1. The normalized spacial score (nSPS) is 17.3. The van der Waals surface area contributed by atoms with Gasteiger partial charge in [0.15, 0.2) is 0 Å². The smallest absolute Gasteiger partial charge is 0.394 e. The Morgan fingerprint density at radius 3 is 2.26 bits per heavy atom. The molecule has 1 saturated carbocycles. The van der Waals surface area contributed by atoms with Crippen LogP contribution < -0.4 is 10.0 Å². The van der Waals surface area contributed by atoms with Crippen LogP contribution in [0.25, 0.3) is 11.0 Å². The van der Waals surface area contributed by atoms with Crippen LogP contribution in [0.5, 0.6) is 0 Å². The maximum absolute atomic E-state index is 14.1. The van der Waals surface area contributed by atoms with Gasteiger partial charge in [-0.05, 0) is 69.7 Å². The number of aromatic nitrogens is 2. The molecule has 3 rings (SSSR count). The van der Waals surface area contributed by atoms with Crippen LogP contribution in [0, 0.1) is 11.3 Å². The van der Waals surface area contributed by atoms with E-state index in [1.807, 2.05) is 0 Å². The Hall–Kier alpha value is -1.81. The molecule has 1 aromatic carbocycles. The average molecular weight is 699 g/mol. The number of rotatable bonds is 15. The molecule has 2 aromatic rings. The van der Waals surface area contributed by atoms with Gasteiger partial charge in [-0.25, -0.2) is 4.98 Å². The fourth-order valence-corrected chi connectivity index (χ4v) is 6.37. The lowest BCUT2D eigenvalue weighted by molar-refractivity contribution is -0.215. The first-order valence-electron chi connectivity index (χ1n) is 15.6. The van der Waals surface area contributed by atoms with Gasteiger partial charge in [-0.3, -0.25) is 4.79 Å². The molecule has 7 nitrogen and oxygen atoms in total. The molecule has 3 atom stereocenters. The van der Waals surface area contributed by atoms with Gasteiger partial charge in [0.05, 0.1) is 28.9 Å². The minimum atomic E-state index is -4.55. The van der Waals surface area contributed by atoms with E-state index in [9.17, 15) is 35.7 Å². The molecular weight excluding hydrogens is 651 g/mol. The molecule has 2 unspecified atom stereocenters. The molecule has 0 aliphatic heterocycles. The highest BCUT2D eigenvalue weighted by Crippen LogP contribution is 2.45. The zero-order valence-corrected chi connectivity index (χ0v) is 29.7. The number of fused-ring (bicyclic) bond motifs is 1. The van der Waals surface area contributed by atoms with Crippen molar-refractivity contribution in [1.82, 2.24) is 19.6 Å². The molecule has 262 valence electrons. The van der Waals surface area contributed by atoms with Crippen LogP contribution in [0.3, 0.4) is 0 Å². The quantitative estimate of drug-likeness (QED) is 0.0845. The predicted octanol–water partition coefficient (Wildman–Crippen LogP) is 8.33. The van der Waals surface area contributed by atoms with Crippen molar-refractivity contribution in [2.45, 2.75) is 128 Å². The Kier molecular flexibility index (Phi) is 12.1. The van der Waals surface area contributed by atoms with E-state index >= 15 is 0 Å². The predicted molar refractivity (Wildman–Crippen MR) is 171 cm³/mol. The first-order valence-corrected chi connectivity index (χ1v) is 20.4. The van der Waals surface area contributed by atoms with Crippen LogP contribution in [0.2, 0.25) is 25.7 Å². The molecule has 46 heavy (non-hydrogen) atoms. The fraction of sp³-hybridized carbons (Fsp3) is 0.742. The third kappa shape index (κ3) is 11.1. The molecule has 1 fully saturated rings. The highest BCUT2D eigenvalue weighted by molar-refractivity contribution is 7.90. The molecule has 1 heterocycles. The highest BCUT2D eigenvalue weighted by Gasteiger charge is 2.50. The molecule has 1 amide bonds. The van der Waals surface area contributed by atoms with Crippen molar-refractivity contribution in [2.24, 2.45) is 11.3 Å². The summed E-state index contributed by atoms with van der Waals surface area (Å²) in [6.07, 6.45) is -9.77. The van der Waals surface area contributed by atoms with Crippen molar-refractivity contribution >= 4 is 36.4 Å². The van der Waals surface area contributed by atoms with Crippen molar-refractivity contribution in [1.29, 1.82) is 0 Å². The Bertz CT molecular complexity index is 1330. The zero-order chi connectivity index (χ0) is 34.9. The van der Waals surface area contributed by atoms with E-state index < -0.39 is 79.2 Å². The summed E-state index contributed by atoms with van der Waals surface area (Å²) in [7, 11) is -1.44. The SMILES string of the molecule is CC(C)(C)[S+]([O-])N[C@@H](CC(C)(C)C(F)(F)F)c1nc2cc(C(NC(=O)CCC(F)(F)F)C3CC3)ccc2n1COCC[Si](C)(C)C. The number of carbonyl (C=O) groups is 1. The van der Waals surface area contributed by atoms with Gasteiger partial charge in [0.25, 0.3) is 0 Å². The topological polar surface area (TPSA) is 91.2 Å². The number of hydrogen-bond acceptors (Lipinski definition) is 5. The largest absolute Gasteiger partial charge is 0.598 e. The lowest BCUT2D eigenvalue weighted by Gasteiger charge is -2.34. The number of benzene rings is 1. The summed E-state index contributed by atoms with van der Waals surface area (Å²) < 4.78 is 104. The second kappa shape index (κ2) is 14.3. The summed E-state index contributed by atoms with van der Waals surface area (Å²) in [4.78, 5) is 17.2. The zero-order valence-electron chi connectivity index (χ0n) is 27.9. The van der Waals surface area contributed by atoms with Gasteiger partial charge in [-0.1, -0.05) is 39.6 Å². The Morgan fingerprint density at radius 2 is 1.74 bits per heavy atom.